The van der Waals surface area contributed by atoms with E-state index in [1.54, 1.807) is 4.90 Å². The molecule has 7 nitrogen and oxygen atoms in total. The molecule has 0 saturated carbocycles. The topological polar surface area (TPSA) is 95.9 Å². The molecular weight excluding hydrogens is 432 g/mol. The number of alkyl carbamates (subject to hydrolysis) is 1. The molecule has 1 saturated heterocycles. The number of piperidine rings is 1. The average molecular weight is 465 g/mol. The first kappa shape index (κ1) is 23.8. The zero-order valence-corrected chi connectivity index (χ0v) is 19.5. The number of amides is 2. The number of nitrogens with one attached hydrogen (secondary N) is 1. The molecule has 1 fully saturated rings. The third-order valence-electron chi connectivity index (χ3n) is 6.85. The van der Waals surface area contributed by atoms with Gasteiger partial charge < -0.3 is 20.1 Å². The zero-order chi connectivity index (χ0) is 24.1. The summed E-state index contributed by atoms with van der Waals surface area (Å²) >= 11 is 0. The van der Waals surface area contributed by atoms with Gasteiger partial charge >= 0.3 is 12.1 Å². The Bertz CT molecular complexity index is 1010. The lowest BCUT2D eigenvalue weighted by Gasteiger charge is -2.32. The minimum absolute atomic E-state index is 0.0225. The molecule has 2 N–H and O–H groups in total. The molecule has 0 aromatic heterocycles. The van der Waals surface area contributed by atoms with Crippen LogP contribution in [-0.2, 0) is 14.3 Å². The second kappa shape index (κ2) is 10.7. The van der Waals surface area contributed by atoms with Crippen molar-refractivity contribution >= 4 is 18.0 Å². The zero-order valence-electron chi connectivity index (χ0n) is 19.5. The van der Waals surface area contributed by atoms with Crippen molar-refractivity contribution < 1.29 is 24.2 Å². The standard InChI is InChI=1S/C27H32N2O5/c1-2-8-19(15-25(30)29-14-7-9-18(16-29)26(31)32)28-27(33)34-17-24-22-12-5-3-10-20(22)21-11-4-6-13-23(21)24/h3-6,10-13,18-19,24H,2,7-9,14-17H2,1H3,(H,28,33)(H,31,32)/t18-,19?/m0/s1. The van der Waals surface area contributed by atoms with Crippen molar-refractivity contribution in [3.8, 4) is 11.1 Å². The summed E-state index contributed by atoms with van der Waals surface area (Å²) in [5, 5.41) is 12.2. The Hall–Kier alpha value is -3.35. The lowest BCUT2D eigenvalue weighted by atomic mass is 9.97. The maximum absolute atomic E-state index is 12.8. The van der Waals surface area contributed by atoms with Crippen molar-refractivity contribution in [2.24, 2.45) is 5.92 Å². The Balaban J connectivity index is 1.35. The van der Waals surface area contributed by atoms with Crippen molar-refractivity contribution in [3.63, 3.8) is 0 Å². The number of hydrogen-bond acceptors (Lipinski definition) is 4. The Morgan fingerprint density at radius 2 is 1.74 bits per heavy atom. The fourth-order valence-electron chi connectivity index (χ4n) is 5.13. The van der Waals surface area contributed by atoms with E-state index in [1.165, 1.54) is 11.1 Å². The number of aliphatic carboxylic acids is 1. The number of likely N-dealkylation sites (tertiary alicyclic amines) is 1. The highest BCUT2D eigenvalue weighted by atomic mass is 16.5. The van der Waals surface area contributed by atoms with E-state index in [-0.39, 0.29) is 37.4 Å². The highest BCUT2D eigenvalue weighted by Gasteiger charge is 2.31. The number of rotatable bonds is 8. The van der Waals surface area contributed by atoms with E-state index in [4.69, 9.17) is 4.74 Å². The van der Waals surface area contributed by atoms with Gasteiger partial charge in [0.15, 0.2) is 0 Å². The molecule has 2 atom stereocenters. The van der Waals surface area contributed by atoms with E-state index >= 15 is 0 Å². The Morgan fingerprint density at radius 1 is 1.09 bits per heavy atom. The van der Waals surface area contributed by atoms with Gasteiger partial charge in [-0.05, 0) is 41.5 Å². The molecule has 1 heterocycles. The van der Waals surface area contributed by atoms with E-state index in [2.05, 4.69) is 29.6 Å². The third-order valence-corrected chi connectivity index (χ3v) is 6.85. The van der Waals surface area contributed by atoms with Gasteiger partial charge in [0.2, 0.25) is 5.91 Å². The summed E-state index contributed by atoms with van der Waals surface area (Å²) < 4.78 is 5.64. The number of carbonyl (C=O) groups excluding carboxylic acids is 2. The summed E-state index contributed by atoms with van der Waals surface area (Å²) in [5.41, 5.74) is 4.63. The molecule has 2 aromatic carbocycles. The molecule has 0 bridgehead atoms. The van der Waals surface area contributed by atoms with Crippen LogP contribution in [0, 0.1) is 5.92 Å². The molecule has 7 heteroatoms. The molecule has 180 valence electrons. The number of hydrogen-bond donors (Lipinski definition) is 2. The first-order chi connectivity index (χ1) is 16.5. The van der Waals surface area contributed by atoms with Gasteiger partial charge in [-0.2, -0.15) is 0 Å². The number of carboxylic acids is 1. The van der Waals surface area contributed by atoms with Crippen LogP contribution in [0.1, 0.15) is 56.1 Å². The van der Waals surface area contributed by atoms with Crippen LogP contribution in [0.15, 0.2) is 48.5 Å². The third kappa shape index (κ3) is 5.24. The molecule has 2 amide bonds. The average Bonchev–Trinajstić information content (AvgIpc) is 3.16. The van der Waals surface area contributed by atoms with Crippen molar-refractivity contribution in [3.05, 3.63) is 59.7 Å². The molecule has 0 spiro atoms. The highest BCUT2D eigenvalue weighted by Crippen LogP contribution is 2.44. The summed E-state index contributed by atoms with van der Waals surface area (Å²) in [6.07, 6.45) is 2.34. The van der Waals surface area contributed by atoms with Crippen LogP contribution < -0.4 is 5.32 Å². The van der Waals surface area contributed by atoms with Gasteiger partial charge in [0.1, 0.15) is 6.61 Å². The molecule has 1 aliphatic carbocycles. The van der Waals surface area contributed by atoms with Crippen molar-refractivity contribution in [2.75, 3.05) is 19.7 Å². The number of carbonyl (C=O) groups is 3. The highest BCUT2D eigenvalue weighted by molar-refractivity contribution is 5.80. The predicted octanol–water partition coefficient (Wildman–Crippen LogP) is 4.41. The lowest BCUT2D eigenvalue weighted by molar-refractivity contribution is -0.145. The molecule has 1 aliphatic heterocycles. The van der Waals surface area contributed by atoms with Crippen LogP contribution in [-0.4, -0.2) is 53.7 Å². The van der Waals surface area contributed by atoms with E-state index in [0.717, 1.165) is 17.5 Å². The SMILES string of the molecule is CCCC(CC(=O)N1CCC[C@H](C(=O)O)C1)NC(=O)OCC1c2ccccc2-c2ccccc21. The van der Waals surface area contributed by atoms with Crippen molar-refractivity contribution in [1.29, 1.82) is 0 Å². The quantitative estimate of drug-likeness (QED) is 0.603. The van der Waals surface area contributed by atoms with Crippen LogP contribution >= 0.6 is 0 Å². The molecule has 34 heavy (non-hydrogen) atoms. The van der Waals surface area contributed by atoms with Crippen LogP contribution in [0.2, 0.25) is 0 Å². The van der Waals surface area contributed by atoms with Crippen LogP contribution in [0.4, 0.5) is 4.79 Å². The maximum atomic E-state index is 12.8. The Labute approximate surface area is 200 Å². The first-order valence-electron chi connectivity index (χ1n) is 12.1. The van der Waals surface area contributed by atoms with Gasteiger partial charge in [-0.3, -0.25) is 9.59 Å². The van der Waals surface area contributed by atoms with Crippen LogP contribution in [0.3, 0.4) is 0 Å². The molecule has 1 unspecified atom stereocenters. The second-order valence-electron chi connectivity index (χ2n) is 9.18. The van der Waals surface area contributed by atoms with Crippen LogP contribution in [0.5, 0.6) is 0 Å². The summed E-state index contributed by atoms with van der Waals surface area (Å²) in [4.78, 5) is 38.4. The minimum atomic E-state index is -0.862. The minimum Gasteiger partial charge on any atom is -0.481 e. The van der Waals surface area contributed by atoms with Gasteiger partial charge in [-0.25, -0.2) is 4.79 Å². The van der Waals surface area contributed by atoms with E-state index in [0.29, 0.717) is 25.8 Å². The van der Waals surface area contributed by atoms with Gasteiger partial charge in [-0.15, -0.1) is 0 Å². The van der Waals surface area contributed by atoms with Gasteiger partial charge in [-0.1, -0.05) is 61.9 Å². The summed E-state index contributed by atoms with van der Waals surface area (Å²) in [6, 6.07) is 16.0. The predicted molar refractivity (Wildman–Crippen MR) is 128 cm³/mol. The second-order valence-corrected chi connectivity index (χ2v) is 9.18. The number of fused-ring (bicyclic) bond motifs is 3. The Morgan fingerprint density at radius 3 is 2.35 bits per heavy atom. The normalized spacial score (nSPS) is 18.0. The number of ether oxygens (including phenoxy) is 1. The molecule has 0 radical (unpaired) electrons. The van der Waals surface area contributed by atoms with Crippen LogP contribution in [0.25, 0.3) is 11.1 Å². The van der Waals surface area contributed by atoms with E-state index < -0.39 is 18.0 Å². The number of carboxylic acid groups (broad SMARTS) is 1. The molecule has 2 aliphatic rings. The van der Waals surface area contributed by atoms with E-state index in [9.17, 15) is 19.5 Å². The summed E-state index contributed by atoms with van der Waals surface area (Å²) in [6.45, 7) is 3.02. The van der Waals surface area contributed by atoms with Gasteiger partial charge in [0.25, 0.3) is 0 Å². The lowest BCUT2D eigenvalue weighted by Crippen LogP contribution is -2.45. The Kier molecular flexibility index (Phi) is 7.50. The monoisotopic (exact) mass is 464 g/mol. The fourth-order valence-corrected chi connectivity index (χ4v) is 5.13. The van der Waals surface area contributed by atoms with E-state index in [1.807, 2.05) is 31.2 Å². The largest absolute Gasteiger partial charge is 0.481 e. The van der Waals surface area contributed by atoms with Crippen molar-refractivity contribution in [2.45, 2.75) is 51.0 Å². The molecule has 2 aromatic rings. The van der Waals surface area contributed by atoms with Gasteiger partial charge in [0, 0.05) is 31.5 Å². The molecular formula is C27H32N2O5. The smallest absolute Gasteiger partial charge is 0.407 e. The molecule has 4 rings (SSSR count). The first-order valence-corrected chi connectivity index (χ1v) is 12.1. The summed E-state index contributed by atoms with van der Waals surface area (Å²) in [7, 11) is 0. The van der Waals surface area contributed by atoms with Crippen molar-refractivity contribution in [1.82, 2.24) is 10.2 Å². The summed E-state index contributed by atoms with van der Waals surface area (Å²) in [5.74, 6) is -1.52. The number of nitrogens with zero attached hydrogens (tertiary/aromatic N) is 1. The number of benzene rings is 2. The maximum Gasteiger partial charge on any atom is 0.407 e. The van der Waals surface area contributed by atoms with Gasteiger partial charge in [0.05, 0.1) is 5.92 Å². The fraction of sp³-hybridized carbons (Fsp3) is 0.444.